The Kier molecular flexibility index (Phi) is 5.04. The molecular formula is C18H17N3O3S. The van der Waals surface area contributed by atoms with Crippen LogP contribution in [0.3, 0.4) is 0 Å². The second-order valence-electron chi connectivity index (χ2n) is 5.35. The third kappa shape index (κ3) is 3.83. The molecule has 128 valence electrons. The number of aromatic nitrogens is 2. The van der Waals surface area contributed by atoms with Gasteiger partial charge >= 0.3 is 5.97 Å². The van der Waals surface area contributed by atoms with Crippen molar-refractivity contribution < 1.29 is 14.3 Å². The first-order chi connectivity index (χ1) is 12.1. The predicted molar refractivity (Wildman–Crippen MR) is 97.8 cm³/mol. The first-order valence-electron chi connectivity index (χ1n) is 7.61. The summed E-state index contributed by atoms with van der Waals surface area (Å²) in [5.41, 5.74) is 3.01. The van der Waals surface area contributed by atoms with Crippen molar-refractivity contribution >= 4 is 40.4 Å². The minimum absolute atomic E-state index is 0.136. The van der Waals surface area contributed by atoms with Gasteiger partial charge in [0.2, 0.25) is 5.91 Å². The molecule has 3 aromatic rings. The molecule has 25 heavy (non-hydrogen) atoms. The summed E-state index contributed by atoms with van der Waals surface area (Å²) in [7, 11) is 3.26. The second-order valence-corrected chi connectivity index (χ2v) is 6.29. The number of aryl methyl sites for hydroxylation is 1. The maximum absolute atomic E-state index is 12.1. The van der Waals surface area contributed by atoms with Gasteiger partial charge < -0.3 is 14.6 Å². The Hall–Kier alpha value is -2.80. The van der Waals surface area contributed by atoms with Crippen LogP contribution in [0.5, 0.6) is 0 Å². The van der Waals surface area contributed by atoms with Crippen molar-refractivity contribution in [2.24, 2.45) is 7.05 Å². The molecule has 0 saturated carbocycles. The van der Waals surface area contributed by atoms with Gasteiger partial charge in [0.25, 0.3) is 0 Å². The van der Waals surface area contributed by atoms with Crippen LogP contribution >= 0.6 is 11.8 Å². The van der Waals surface area contributed by atoms with Crippen molar-refractivity contribution in [2.45, 2.75) is 5.16 Å². The summed E-state index contributed by atoms with van der Waals surface area (Å²) in [5.74, 6) is -0.297. The quantitative estimate of drug-likeness (QED) is 0.562. The second kappa shape index (κ2) is 7.40. The van der Waals surface area contributed by atoms with Gasteiger partial charge in [0, 0.05) is 12.7 Å². The molecule has 1 aromatic heterocycles. The number of thioether (sulfide) groups is 1. The fraction of sp³-hybridized carbons (Fsp3) is 0.167. The number of hydrogen-bond donors (Lipinski definition) is 1. The van der Waals surface area contributed by atoms with Crippen LogP contribution in [-0.2, 0) is 16.6 Å². The number of nitrogens with one attached hydrogen (secondary N) is 1. The minimum atomic E-state index is -0.407. The van der Waals surface area contributed by atoms with Crippen LogP contribution in [0.25, 0.3) is 11.0 Å². The summed E-state index contributed by atoms with van der Waals surface area (Å²) in [5, 5.41) is 3.59. The zero-order valence-electron chi connectivity index (χ0n) is 13.9. The largest absolute Gasteiger partial charge is 0.465 e. The molecule has 0 aliphatic rings. The van der Waals surface area contributed by atoms with Gasteiger partial charge in [-0.3, -0.25) is 4.79 Å². The van der Waals surface area contributed by atoms with E-state index in [0.29, 0.717) is 11.3 Å². The van der Waals surface area contributed by atoms with E-state index >= 15 is 0 Å². The zero-order valence-corrected chi connectivity index (χ0v) is 14.7. The molecular weight excluding hydrogens is 338 g/mol. The van der Waals surface area contributed by atoms with E-state index in [-0.39, 0.29) is 11.7 Å². The molecule has 3 rings (SSSR count). The highest BCUT2D eigenvalue weighted by molar-refractivity contribution is 7.99. The Morgan fingerprint density at radius 2 is 1.88 bits per heavy atom. The SMILES string of the molecule is COC(=O)c1ccc(NC(=O)CSc2nc3ccccc3n2C)cc1. The van der Waals surface area contributed by atoms with E-state index in [2.05, 4.69) is 15.0 Å². The smallest absolute Gasteiger partial charge is 0.337 e. The van der Waals surface area contributed by atoms with Crippen LogP contribution in [0.15, 0.2) is 53.7 Å². The van der Waals surface area contributed by atoms with Crippen molar-refractivity contribution in [1.82, 2.24) is 9.55 Å². The number of ether oxygens (including phenoxy) is 1. The van der Waals surface area contributed by atoms with Crippen molar-refractivity contribution in [1.29, 1.82) is 0 Å². The number of methoxy groups -OCH3 is 1. The maximum atomic E-state index is 12.1. The van der Waals surface area contributed by atoms with Gasteiger partial charge in [0.1, 0.15) is 0 Å². The molecule has 0 aliphatic heterocycles. The first-order valence-corrected chi connectivity index (χ1v) is 8.59. The van der Waals surface area contributed by atoms with Crippen LogP contribution in [0.1, 0.15) is 10.4 Å². The number of para-hydroxylation sites is 2. The normalized spacial score (nSPS) is 10.6. The number of benzene rings is 2. The molecule has 0 aliphatic carbocycles. The predicted octanol–water partition coefficient (Wildman–Crippen LogP) is 3.09. The summed E-state index contributed by atoms with van der Waals surface area (Å²) in [6.07, 6.45) is 0. The molecule has 0 bridgehead atoms. The zero-order chi connectivity index (χ0) is 17.8. The Labute approximate surface area is 149 Å². The molecule has 0 spiro atoms. The van der Waals surface area contributed by atoms with Gasteiger partial charge in [-0.2, -0.15) is 0 Å². The maximum Gasteiger partial charge on any atom is 0.337 e. The van der Waals surface area contributed by atoms with Crippen molar-refractivity contribution in [3.05, 3.63) is 54.1 Å². The van der Waals surface area contributed by atoms with Crippen molar-refractivity contribution in [2.75, 3.05) is 18.2 Å². The fourth-order valence-electron chi connectivity index (χ4n) is 2.39. The number of fused-ring (bicyclic) bond motifs is 1. The molecule has 0 fully saturated rings. The third-order valence-electron chi connectivity index (χ3n) is 3.67. The Balaban J connectivity index is 1.60. The van der Waals surface area contributed by atoms with Crippen LogP contribution in [0, 0.1) is 0 Å². The lowest BCUT2D eigenvalue weighted by Gasteiger charge is -2.06. The number of imidazole rings is 1. The molecule has 1 amide bonds. The lowest BCUT2D eigenvalue weighted by atomic mass is 10.2. The molecule has 6 nitrogen and oxygen atoms in total. The lowest BCUT2D eigenvalue weighted by Crippen LogP contribution is -2.14. The fourth-order valence-corrected chi connectivity index (χ4v) is 3.17. The lowest BCUT2D eigenvalue weighted by molar-refractivity contribution is -0.113. The topological polar surface area (TPSA) is 73.2 Å². The molecule has 0 saturated heterocycles. The van der Waals surface area contributed by atoms with Gasteiger partial charge in [-0.1, -0.05) is 23.9 Å². The van der Waals surface area contributed by atoms with Gasteiger partial charge in [0.05, 0.1) is 29.5 Å². The highest BCUT2D eigenvalue weighted by atomic mass is 32.2. The van der Waals surface area contributed by atoms with E-state index in [0.717, 1.165) is 16.2 Å². The summed E-state index contributed by atoms with van der Waals surface area (Å²) in [6, 6.07) is 14.4. The number of nitrogens with zero attached hydrogens (tertiary/aromatic N) is 2. The first kappa shape index (κ1) is 17.0. The number of rotatable bonds is 5. The van der Waals surface area contributed by atoms with Gasteiger partial charge in [0.15, 0.2) is 5.16 Å². The van der Waals surface area contributed by atoms with Crippen LogP contribution in [0.4, 0.5) is 5.69 Å². The van der Waals surface area contributed by atoms with Crippen LogP contribution in [-0.4, -0.2) is 34.3 Å². The van der Waals surface area contributed by atoms with Crippen molar-refractivity contribution in [3.8, 4) is 0 Å². The molecule has 7 heteroatoms. The summed E-state index contributed by atoms with van der Waals surface area (Å²) < 4.78 is 6.61. The number of carbonyl (C=O) groups excluding carboxylic acids is 2. The van der Waals surface area contributed by atoms with E-state index < -0.39 is 5.97 Å². The van der Waals surface area contributed by atoms with Crippen molar-refractivity contribution in [3.63, 3.8) is 0 Å². The number of esters is 1. The highest BCUT2D eigenvalue weighted by Crippen LogP contribution is 2.22. The van der Waals surface area contributed by atoms with Gasteiger partial charge in [-0.05, 0) is 36.4 Å². The monoisotopic (exact) mass is 355 g/mol. The minimum Gasteiger partial charge on any atom is -0.465 e. The third-order valence-corrected chi connectivity index (χ3v) is 4.70. The summed E-state index contributed by atoms with van der Waals surface area (Å²) in [4.78, 5) is 28.0. The van der Waals surface area contributed by atoms with E-state index in [1.54, 1.807) is 24.3 Å². The number of amides is 1. The van der Waals surface area contributed by atoms with Crippen LogP contribution < -0.4 is 5.32 Å². The van der Waals surface area contributed by atoms with Crippen LogP contribution in [0.2, 0.25) is 0 Å². The average molecular weight is 355 g/mol. The number of carbonyl (C=O) groups is 2. The van der Waals surface area contributed by atoms with Gasteiger partial charge in [-0.15, -0.1) is 0 Å². The standard InChI is InChI=1S/C18H17N3O3S/c1-21-15-6-4-3-5-14(15)20-18(21)25-11-16(22)19-13-9-7-12(8-10-13)17(23)24-2/h3-10H,11H2,1-2H3,(H,19,22). The molecule has 0 unspecified atom stereocenters. The van der Waals surface area contributed by atoms with E-state index in [4.69, 9.17) is 0 Å². The summed E-state index contributed by atoms with van der Waals surface area (Å²) in [6.45, 7) is 0. The Morgan fingerprint density at radius 3 is 2.56 bits per heavy atom. The average Bonchev–Trinajstić information content (AvgIpc) is 2.96. The van der Waals surface area contributed by atoms with E-state index in [1.165, 1.54) is 18.9 Å². The molecule has 0 radical (unpaired) electrons. The van der Waals surface area contributed by atoms with Gasteiger partial charge in [-0.25, -0.2) is 9.78 Å². The molecule has 2 aromatic carbocycles. The number of anilines is 1. The molecule has 0 atom stereocenters. The van der Waals surface area contributed by atoms with E-state index in [1.807, 2.05) is 35.9 Å². The summed E-state index contributed by atoms with van der Waals surface area (Å²) >= 11 is 1.38. The number of hydrogen-bond acceptors (Lipinski definition) is 5. The Bertz CT molecular complexity index is 919. The molecule has 1 heterocycles. The molecule has 1 N–H and O–H groups in total. The van der Waals surface area contributed by atoms with E-state index in [9.17, 15) is 9.59 Å². The highest BCUT2D eigenvalue weighted by Gasteiger charge is 2.11. The Morgan fingerprint density at radius 1 is 1.16 bits per heavy atom.